The fourth-order valence-electron chi connectivity index (χ4n) is 6.62. The monoisotopic (exact) mass is 698 g/mol. The summed E-state index contributed by atoms with van der Waals surface area (Å²) in [4.78, 5) is 85.1. The number of pyridine rings is 2. The van der Waals surface area contributed by atoms with Crippen LogP contribution in [0.1, 0.15) is 33.6 Å². The Hall–Kier alpha value is -5.96. The van der Waals surface area contributed by atoms with Gasteiger partial charge < -0.3 is 25.0 Å². The predicted octanol–water partition coefficient (Wildman–Crippen LogP) is -0.565. The van der Waals surface area contributed by atoms with E-state index in [2.05, 4.69) is 36.4 Å². The van der Waals surface area contributed by atoms with Gasteiger partial charge in [0.2, 0.25) is 16.3 Å². The number of amides is 1. The summed E-state index contributed by atoms with van der Waals surface area (Å²) in [6, 6.07) is 5.28. The SMILES string of the molecule is COc1cc(=O)c2c(=O)c3c(c(=O)c=2c1=O)=C(O)[C@]1(CCc2cc4cc(C=NNC(=O)c5ccncc5Br)[nH]c(=O)c4c(O)c21)C=3O. The number of aliphatic hydroxyl groups is 2. The topological polar surface area (TPSA) is 225 Å². The van der Waals surface area contributed by atoms with Crippen molar-refractivity contribution < 1.29 is 24.9 Å². The first-order chi connectivity index (χ1) is 22.4. The molecule has 1 spiro atoms. The molecule has 1 atom stereocenters. The number of aromatic amines is 1. The number of carbonyl (C=O) groups excluding carboxylic acids is 1. The van der Waals surface area contributed by atoms with Gasteiger partial charge in [0.15, 0.2) is 11.2 Å². The summed E-state index contributed by atoms with van der Waals surface area (Å²) in [5.41, 5.74) is -4.06. The molecule has 0 unspecified atom stereocenters. The molecule has 1 aromatic carbocycles. The van der Waals surface area contributed by atoms with E-state index in [9.17, 15) is 44.1 Å². The minimum Gasteiger partial charge on any atom is -0.510 e. The summed E-state index contributed by atoms with van der Waals surface area (Å²) in [5.74, 6) is -3.23. The Balaban J connectivity index is 1.40. The van der Waals surface area contributed by atoms with E-state index in [0.717, 1.165) is 13.2 Å². The minimum absolute atomic E-state index is 0.108. The smallest absolute Gasteiger partial charge is 0.272 e. The number of ether oxygens (including phenoxy) is 1. The van der Waals surface area contributed by atoms with Gasteiger partial charge in [-0.1, -0.05) is 6.07 Å². The molecule has 2 heterocycles. The molecule has 234 valence electrons. The maximum atomic E-state index is 13.6. The van der Waals surface area contributed by atoms with Crippen LogP contribution >= 0.6 is 15.9 Å². The van der Waals surface area contributed by atoms with Crippen molar-refractivity contribution in [3.05, 3.63) is 136 Å². The molecule has 3 aromatic rings. The number of rotatable bonds is 4. The highest BCUT2D eigenvalue weighted by Gasteiger charge is 2.53. The number of halogens is 1. The molecule has 0 aliphatic heterocycles. The number of aromatic nitrogens is 2. The number of fused-ring (bicyclic) bond motifs is 4. The maximum absolute atomic E-state index is 13.6. The molecule has 14 nitrogen and oxygen atoms in total. The highest BCUT2D eigenvalue weighted by atomic mass is 79.9. The molecule has 0 fully saturated rings. The van der Waals surface area contributed by atoms with Gasteiger partial charge in [-0.3, -0.25) is 33.8 Å². The second-order valence-electron chi connectivity index (χ2n) is 11.0. The minimum atomic E-state index is -2.01. The van der Waals surface area contributed by atoms with E-state index >= 15 is 0 Å². The number of aliphatic hydroxyl groups excluding tert-OH is 2. The number of nitrogens with zero attached hydrogens (tertiary/aromatic N) is 2. The largest absolute Gasteiger partial charge is 0.510 e. The van der Waals surface area contributed by atoms with Crippen LogP contribution in [0.2, 0.25) is 0 Å². The van der Waals surface area contributed by atoms with Crippen molar-refractivity contribution in [1.82, 2.24) is 15.4 Å². The zero-order valence-corrected chi connectivity index (χ0v) is 25.5. The molecular formula is C32H19BrN4O10. The van der Waals surface area contributed by atoms with E-state index in [1.807, 2.05) is 0 Å². The molecule has 1 amide bonds. The second kappa shape index (κ2) is 10.3. The summed E-state index contributed by atoms with van der Waals surface area (Å²) < 4.78 is 5.34. The predicted molar refractivity (Wildman–Crippen MR) is 170 cm³/mol. The van der Waals surface area contributed by atoms with Gasteiger partial charge in [0.25, 0.3) is 11.5 Å². The molecule has 47 heavy (non-hydrogen) atoms. The van der Waals surface area contributed by atoms with Crippen LogP contribution in [-0.4, -0.2) is 44.5 Å². The Labute approximate surface area is 267 Å². The van der Waals surface area contributed by atoms with E-state index in [1.165, 1.54) is 30.7 Å². The third-order valence-electron chi connectivity index (χ3n) is 8.66. The number of methoxy groups -OCH3 is 1. The fraction of sp³-hybridized carbons (Fsp3) is 0.125. The van der Waals surface area contributed by atoms with Crippen LogP contribution in [0.25, 0.3) is 22.3 Å². The lowest BCUT2D eigenvalue weighted by molar-refractivity contribution is 0.0954. The number of hydrogen-bond acceptors (Lipinski definition) is 12. The van der Waals surface area contributed by atoms with Crippen LogP contribution in [0.4, 0.5) is 0 Å². The first-order valence-corrected chi connectivity index (χ1v) is 14.6. The molecule has 4 aliphatic carbocycles. The fourth-order valence-corrected chi connectivity index (χ4v) is 7.05. The van der Waals surface area contributed by atoms with E-state index < -0.39 is 82.5 Å². The van der Waals surface area contributed by atoms with Crippen LogP contribution < -0.4 is 47.9 Å². The Morgan fingerprint density at radius 1 is 1.02 bits per heavy atom. The highest BCUT2D eigenvalue weighted by Crippen LogP contribution is 2.54. The summed E-state index contributed by atoms with van der Waals surface area (Å²) in [7, 11) is 1.11. The number of phenols is 1. The van der Waals surface area contributed by atoms with Crippen molar-refractivity contribution in [1.29, 1.82) is 0 Å². The lowest BCUT2D eigenvalue weighted by Gasteiger charge is -2.27. The first kappa shape index (κ1) is 29.7. The quantitative estimate of drug-likeness (QED) is 0.118. The highest BCUT2D eigenvalue weighted by molar-refractivity contribution is 9.10. The lowest BCUT2D eigenvalue weighted by Crippen LogP contribution is -2.51. The Morgan fingerprint density at radius 3 is 2.40 bits per heavy atom. The third-order valence-corrected chi connectivity index (χ3v) is 9.29. The molecule has 2 aromatic heterocycles. The zero-order chi connectivity index (χ0) is 33.5. The van der Waals surface area contributed by atoms with Crippen molar-refractivity contribution in [2.45, 2.75) is 18.3 Å². The lowest BCUT2D eigenvalue weighted by atomic mass is 9.78. The van der Waals surface area contributed by atoms with Gasteiger partial charge in [-0.25, -0.2) is 5.43 Å². The molecular weight excluding hydrogens is 680 g/mol. The van der Waals surface area contributed by atoms with Gasteiger partial charge >= 0.3 is 0 Å². The molecule has 0 radical (unpaired) electrons. The van der Waals surface area contributed by atoms with Gasteiger partial charge in [0.05, 0.1) is 50.8 Å². The van der Waals surface area contributed by atoms with Gasteiger partial charge in [-0.2, -0.15) is 5.10 Å². The number of benzene rings is 1. The molecule has 0 saturated carbocycles. The van der Waals surface area contributed by atoms with E-state index in [1.54, 1.807) is 6.07 Å². The third kappa shape index (κ3) is 3.95. The second-order valence-corrected chi connectivity index (χ2v) is 11.9. The Kier molecular flexibility index (Phi) is 6.50. The van der Waals surface area contributed by atoms with Crippen LogP contribution in [-0.2, 0) is 11.8 Å². The van der Waals surface area contributed by atoms with Crippen LogP contribution in [0.3, 0.4) is 0 Å². The van der Waals surface area contributed by atoms with Crippen molar-refractivity contribution in [2.75, 3.05) is 7.11 Å². The summed E-state index contributed by atoms with van der Waals surface area (Å²) in [5, 5.41) is 35.7. The number of phenolic OH excluding ortho intramolecular Hbond substituents is 1. The van der Waals surface area contributed by atoms with Crippen LogP contribution in [0, 0.1) is 10.4 Å². The number of aryl methyl sites for hydroxylation is 1. The van der Waals surface area contributed by atoms with Crippen molar-refractivity contribution in [3.8, 4) is 11.5 Å². The van der Waals surface area contributed by atoms with Gasteiger partial charge in [0, 0.05) is 28.5 Å². The number of aromatic hydroxyl groups is 1. The van der Waals surface area contributed by atoms with E-state index in [4.69, 9.17) is 4.74 Å². The molecule has 4 aliphatic rings. The maximum Gasteiger partial charge on any atom is 0.272 e. The summed E-state index contributed by atoms with van der Waals surface area (Å²) in [6.45, 7) is 0. The number of hydrogen-bond donors (Lipinski definition) is 5. The van der Waals surface area contributed by atoms with E-state index in [0.29, 0.717) is 10.0 Å². The molecule has 5 N–H and O–H groups in total. The standard InChI is InChI=1S/C32H19BrN4O10/c1-47-17-8-16(38)19-20(24(17)39)26(41)22-21(25(19)40)28(43)32(29(22)44)4-2-11-6-12-7-13(36-31(46)18(12)27(42)23(11)32)9-35-37-30(45)14-3-5-34-10-15(14)33/h3,5-10,42-44H,2,4H2,1H3,(H,36,46)(H,37,45)/t32-/m0/s1. The number of H-pyrrole nitrogens is 1. The molecule has 7 rings (SSSR count). The molecule has 15 heteroatoms. The van der Waals surface area contributed by atoms with E-state index in [-0.39, 0.29) is 40.4 Å². The normalized spacial score (nSPS) is 16.8. The summed E-state index contributed by atoms with van der Waals surface area (Å²) in [6.07, 6.45) is 4.04. The summed E-state index contributed by atoms with van der Waals surface area (Å²) >= 11 is 3.23. The number of hydrazone groups is 1. The average molecular weight is 699 g/mol. The van der Waals surface area contributed by atoms with Gasteiger partial charge in [-0.15, -0.1) is 0 Å². The zero-order valence-electron chi connectivity index (χ0n) is 23.9. The van der Waals surface area contributed by atoms with Crippen molar-refractivity contribution in [2.24, 2.45) is 5.10 Å². The first-order valence-electron chi connectivity index (χ1n) is 13.8. The molecule has 0 bridgehead atoms. The number of nitrogens with one attached hydrogen (secondary N) is 2. The number of carbonyl (C=O) groups is 1. The Morgan fingerprint density at radius 2 is 1.72 bits per heavy atom. The van der Waals surface area contributed by atoms with Crippen molar-refractivity contribution >= 4 is 50.3 Å². The molecule has 0 saturated heterocycles. The Bertz CT molecular complexity index is 2790. The van der Waals surface area contributed by atoms with Gasteiger partial charge in [-0.05, 0) is 51.9 Å². The van der Waals surface area contributed by atoms with Crippen LogP contribution in [0.15, 0.2) is 70.2 Å². The van der Waals surface area contributed by atoms with Crippen molar-refractivity contribution in [3.63, 3.8) is 0 Å². The average Bonchev–Trinajstić information content (AvgIpc) is 3.53. The van der Waals surface area contributed by atoms with Gasteiger partial charge in [0.1, 0.15) is 22.7 Å². The van der Waals surface area contributed by atoms with Crippen LogP contribution in [0.5, 0.6) is 11.5 Å².